The quantitative estimate of drug-likeness (QED) is 0.705. The largest absolute Gasteiger partial charge is 0.399 e. The van der Waals surface area contributed by atoms with Gasteiger partial charge in [-0.1, -0.05) is 19.8 Å². The SMILES string of the molecule is CCC1(CNc2ccc(N)cc2S(=O)(=O)NC)CCCC1. The summed E-state index contributed by atoms with van der Waals surface area (Å²) in [5.74, 6) is 0. The van der Waals surface area contributed by atoms with Gasteiger partial charge < -0.3 is 11.1 Å². The zero-order valence-corrected chi connectivity index (χ0v) is 13.6. The molecule has 0 heterocycles. The first-order valence-corrected chi connectivity index (χ1v) is 8.98. The maximum Gasteiger partial charge on any atom is 0.242 e. The summed E-state index contributed by atoms with van der Waals surface area (Å²) in [6.07, 6.45) is 6.06. The molecule has 0 saturated heterocycles. The molecule has 0 aromatic heterocycles. The van der Waals surface area contributed by atoms with Crippen LogP contribution in [0.2, 0.25) is 0 Å². The molecule has 1 aliphatic rings. The zero-order chi connectivity index (χ0) is 15.5. The summed E-state index contributed by atoms with van der Waals surface area (Å²) in [6, 6.07) is 4.98. The lowest BCUT2D eigenvalue weighted by molar-refractivity contribution is 0.306. The minimum absolute atomic E-state index is 0.217. The van der Waals surface area contributed by atoms with Crippen LogP contribution in [-0.2, 0) is 10.0 Å². The fraction of sp³-hybridized carbons (Fsp3) is 0.600. The number of nitrogen functional groups attached to an aromatic ring is 1. The minimum atomic E-state index is -3.52. The Morgan fingerprint density at radius 1 is 1.29 bits per heavy atom. The van der Waals surface area contributed by atoms with E-state index in [4.69, 9.17) is 5.73 Å². The molecule has 1 aromatic rings. The highest BCUT2D eigenvalue weighted by atomic mass is 32.2. The van der Waals surface area contributed by atoms with E-state index in [1.807, 2.05) is 0 Å². The lowest BCUT2D eigenvalue weighted by atomic mass is 9.83. The van der Waals surface area contributed by atoms with Crippen LogP contribution < -0.4 is 15.8 Å². The molecule has 118 valence electrons. The number of rotatable bonds is 6. The molecular formula is C15H25N3O2S. The summed E-state index contributed by atoms with van der Waals surface area (Å²) >= 11 is 0. The number of benzene rings is 1. The van der Waals surface area contributed by atoms with Gasteiger partial charge in [-0.3, -0.25) is 0 Å². The number of nitrogens with one attached hydrogen (secondary N) is 2. The van der Waals surface area contributed by atoms with Gasteiger partial charge in [-0.2, -0.15) is 0 Å². The first-order valence-electron chi connectivity index (χ1n) is 7.49. The summed E-state index contributed by atoms with van der Waals surface area (Å²) in [5, 5.41) is 3.34. The molecule has 0 spiro atoms. The lowest BCUT2D eigenvalue weighted by Crippen LogP contribution is -2.27. The second-order valence-corrected chi connectivity index (χ2v) is 7.73. The molecule has 21 heavy (non-hydrogen) atoms. The van der Waals surface area contributed by atoms with Crippen LogP contribution in [0.1, 0.15) is 39.0 Å². The number of nitrogens with two attached hydrogens (primary N) is 1. The van der Waals surface area contributed by atoms with E-state index in [0.29, 0.717) is 16.8 Å². The summed E-state index contributed by atoms with van der Waals surface area (Å²) in [6.45, 7) is 3.01. The average molecular weight is 311 g/mol. The van der Waals surface area contributed by atoms with Crippen molar-refractivity contribution in [2.45, 2.75) is 43.9 Å². The molecular weight excluding hydrogens is 286 g/mol. The standard InChI is InChI=1S/C15H25N3O2S/c1-3-15(8-4-5-9-15)11-18-13-7-6-12(16)10-14(13)21(19,20)17-2/h6-7,10,17-18H,3-5,8-9,11,16H2,1-2H3. The summed E-state index contributed by atoms with van der Waals surface area (Å²) in [7, 11) is -2.11. The summed E-state index contributed by atoms with van der Waals surface area (Å²) < 4.78 is 26.6. The number of hydrogen-bond acceptors (Lipinski definition) is 4. The average Bonchev–Trinajstić information content (AvgIpc) is 2.95. The summed E-state index contributed by atoms with van der Waals surface area (Å²) in [4.78, 5) is 0.217. The third-order valence-corrected chi connectivity index (χ3v) is 6.09. The number of sulfonamides is 1. The predicted molar refractivity (Wildman–Crippen MR) is 86.8 cm³/mol. The van der Waals surface area contributed by atoms with E-state index >= 15 is 0 Å². The Labute approximate surface area is 127 Å². The molecule has 2 rings (SSSR count). The third-order valence-electron chi connectivity index (χ3n) is 4.63. The maximum absolute atomic E-state index is 12.1. The highest BCUT2D eigenvalue weighted by Gasteiger charge is 2.32. The van der Waals surface area contributed by atoms with Crippen LogP contribution >= 0.6 is 0 Å². The molecule has 0 bridgehead atoms. The molecule has 0 unspecified atom stereocenters. The van der Waals surface area contributed by atoms with Crippen molar-refractivity contribution in [3.8, 4) is 0 Å². The third kappa shape index (κ3) is 3.49. The molecule has 1 aromatic carbocycles. The Kier molecular flexibility index (Phi) is 4.78. The van der Waals surface area contributed by atoms with Crippen molar-refractivity contribution in [3.63, 3.8) is 0 Å². The van der Waals surface area contributed by atoms with Crippen LogP contribution in [0.4, 0.5) is 11.4 Å². The van der Waals surface area contributed by atoms with E-state index in [2.05, 4.69) is 17.0 Å². The van der Waals surface area contributed by atoms with E-state index in [1.165, 1.54) is 38.8 Å². The molecule has 1 saturated carbocycles. The van der Waals surface area contributed by atoms with Gasteiger partial charge >= 0.3 is 0 Å². The smallest absolute Gasteiger partial charge is 0.242 e. The van der Waals surface area contributed by atoms with Crippen molar-refractivity contribution in [1.29, 1.82) is 0 Å². The van der Waals surface area contributed by atoms with E-state index in [-0.39, 0.29) is 4.90 Å². The monoisotopic (exact) mass is 311 g/mol. The molecule has 0 radical (unpaired) electrons. The molecule has 6 heteroatoms. The van der Waals surface area contributed by atoms with Gasteiger partial charge in [0.15, 0.2) is 0 Å². The number of hydrogen-bond donors (Lipinski definition) is 3. The van der Waals surface area contributed by atoms with Crippen molar-refractivity contribution >= 4 is 21.4 Å². The van der Waals surface area contributed by atoms with Gasteiger partial charge in [-0.25, -0.2) is 13.1 Å². The molecule has 4 N–H and O–H groups in total. The van der Waals surface area contributed by atoms with Gasteiger partial charge in [0.1, 0.15) is 4.90 Å². The van der Waals surface area contributed by atoms with Crippen molar-refractivity contribution in [3.05, 3.63) is 18.2 Å². The Morgan fingerprint density at radius 2 is 1.95 bits per heavy atom. The van der Waals surface area contributed by atoms with Crippen LogP contribution in [-0.4, -0.2) is 22.0 Å². The molecule has 0 amide bonds. The van der Waals surface area contributed by atoms with Gasteiger partial charge in [-0.15, -0.1) is 0 Å². The second-order valence-electron chi connectivity index (χ2n) is 5.88. The van der Waals surface area contributed by atoms with E-state index < -0.39 is 10.0 Å². The van der Waals surface area contributed by atoms with Gasteiger partial charge in [0.25, 0.3) is 0 Å². The second kappa shape index (κ2) is 6.23. The normalized spacial score (nSPS) is 17.8. The van der Waals surface area contributed by atoms with Crippen LogP contribution in [0.5, 0.6) is 0 Å². The predicted octanol–water partition coefficient (Wildman–Crippen LogP) is 2.56. The van der Waals surface area contributed by atoms with Gasteiger partial charge in [0, 0.05) is 12.2 Å². The Bertz CT molecular complexity index is 593. The van der Waals surface area contributed by atoms with Crippen molar-refractivity contribution < 1.29 is 8.42 Å². The topological polar surface area (TPSA) is 84.2 Å². The zero-order valence-electron chi connectivity index (χ0n) is 12.8. The first kappa shape index (κ1) is 16.1. The Hall–Kier alpha value is -1.27. The van der Waals surface area contributed by atoms with Gasteiger partial charge in [-0.05, 0) is 49.9 Å². The molecule has 1 aliphatic carbocycles. The van der Waals surface area contributed by atoms with Crippen molar-refractivity contribution in [1.82, 2.24) is 4.72 Å². The van der Waals surface area contributed by atoms with Crippen LogP contribution in [0.15, 0.2) is 23.1 Å². The van der Waals surface area contributed by atoms with Crippen molar-refractivity contribution in [2.24, 2.45) is 5.41 Å². The lowest BCUT2D eigenvalue weighted by Gasteiger charge is -2.28. The highest BCUT2D eigenvalue weighted by Crippen LogP contribution is 2.41. The Balaban J connectivity index is 2.24. The van der Waals surface area contributed by atoms with E-state index in [0.717, 1.165) is 13.0 Å². The molecule has 1 fully saturated rings. The van der Waals surface area contributed by atoms with Crippen LogP contribution in [0.25, 0.3) is 0 Å². The first-order chi connectivity index (χ1) is 9.92. The van der Waals surface area contributed by atoms with E-state index in [9.17, 15) is 8.42 Å². The van der Waals surface area contributed by atoms with Crippen molar-refractivity contribution in [2.75, 3.05) is 24.6 Å². The minimum Gasteiger partial charge on any atom is -0.399 e. The van der Waals surface area contributed by atoms with Crippen LogP contribution in [0, 0.1) is 5.41 Å². The fourth-order valence-electron chi connectivity index (χ4n) is 3.08. The fourth-order valence-corrected chi connectivity index (χ4v) is 4.02. The molecule has 0 aliphatic heterocycles. The summed E-state index contributed by atoms with van der Waals surface area (Å²) in [5.41, 5.74) is 7.09. The number of anilines is 2. The van der Waals surface area contributed by atoms with Gasteiger partial charge in [0.05, 0.1) is 5.69 Å². The Morgan fingerprint density at radius 3 is 2.52 bits per heavy atom. The van der Waals surface area contributed by atoms with E-state index in [1.54, 1.807) is 12.1 Å². The highest BCUT2D eigenvalue weighted by molar-refractivity contribution is 7.89. The molecule has 0 atom stereocenters. The van der Waals surface area contributed by atoms with Gasteiger partial charge in [0.2, 0.25) is 10.0 Å². The maximum atomic E-state index is 12.1. The molecule has 5 nitrogen and oxygen atoms in total. The van der Waals surface area contributed by atoms with Crippen LogP contribution in [0.3, 0.4) is 0 Å².